The van der Waals surface area contributed by atoms with Gasteiger partial charge in [0.15, 0.2) is 0 Å². The molecule has 1 aliphatic rings. The van der Waals surface area contributed by atoms with E-state index >= 15 is 0 Å². The van der Waals surface area contributed by atoms with Crippen LogP contribution in [0.2, 0.25) is 5.02 Å². The lowest BCUT2D eigenvalue weighted by atomic mass is 9.69. The van der Waals surface area contributed by atoms with Crippen molar-refractivity contribution < 1.29 is 5.11 Å². The SMILES string of the molecule is Cc1ccc(C2(O)CC(C)CCC2C)cc1Cl. The topological polar surface area (TPSA) is 20.2 Å². The van der Waals surface area contributed by atoms with Crippen molar-refractivity contribution in [2.24, 2.45) is 11.8 Å². The van der Waals surface area contributed by atoms with Crippen LogP contribution in [0.3, 0.4) is 0 Å². The van der Waals surface area contributed by atoms with Crippen LogP contribution in [0.1, 0.15) is 44.2 Å². The number of aliphatic hydroxyl groups is 1. The van der Waals surface area contributed by atoms with E-state index in [9.17, 15) is 5.11 Å². The van der Waals surface area contributed by atoms with Crippen LogP contribution in [-0.2, 0) is 5.60 Å². The third kappa shape index (κ3) is 2.36. The molecule has 0 heterocycles. The fourth-order valence-electron chi connectivity index (χ4n) is 2.87. The molecule has 1 nitrogen and oxygen atoms in total. The molecule has 1 fully saturated rings. The molecule has 0 spiro atoms. The first-order valence-electron chi connectivity index (χ1n) is 6.42. The van der Waals surface area contributed by atoms with Gasteiger partial charge in [0, 0.05) is 5.02 Å². The maximum atomic E-state index is 10.9. The lowest BCUT2D eigenvalue weighted by molar-refractivity contribution is -0.0627. The molecule has 0 aliphatic heterocycles. The lowest BCUT2D eigenvalue weighted by Gasteiger charge is -2.41. The summed E-state index contributed by atoms with van der Waals surface area (Å²) in [6.07, 6.45) is 3.14. The normalized spacial score (nSPS) is 33.7. The minimum Gasteiger partial charge on any atom is -0.385 e. The molecule has 0 saturated heterocycles. The predicted octanol–water partition coefficient (Wildman–Crippen LogP) is 4.29. The number of halogens is 1. The van der Waals surface area contributed by atoms with E-state index < -0.39 is 5.60 Å². The minimum atomic E-state index is -0.699. The summed E-state index contributed by atoms with van der Waals surface area (Å²) < 4.78 is 0. The van der Waals surface area contributed by atoms with Crippen molar-refractivity contribution in [2.75, 3.05) is 0 Å². The van der Waals surface area contributed by atoms with Crippen molar-refractivity contribution in [1.82, 2.24) is 0 Å². The zero-order valence-electron chi connectivity index (χ0n) is 10.8. The highest BCUT2D eigenvalue weighted by atomic mass is 35.5. The average molecular weight is 253 g/mol. The maximum Gasteiger partial charge on any atom is 0.0925 e. The van der Waals surface area contributed by atoms with E-state index in [0.717, 1.165) is 29.0 Å². The molecule has 94 valence electrons. The van der Waals surface area contributed by atoms with Crippen molar-refractivity contribution in [3.63, 3.8) is 0 Å². The van der Waals surface area contributed by atoms with Gasteiger partial charge < -0.3 is 5.11 Å². The van der Waals surface area contributed by atoms with Crippen molar-refractivity contribution in [2.45, 2.75) is 45.6 Å². The number of hydrogen-bond donors (Lipinski definition) is 1. The van der Waals surface area contributed by atoms with Gasteiger partial charge in [-0.1, -0.05) is 44.0 Å². The molecule has 0 amide bonds. The second-order valence-electron chi connectivity index (χ2n) is 5.68. The lowest BCUT2D eigenvalue weighted by Crippen LogP contribution is -2.39. The number of benzene rings is 1. The van der Waals surface area contributed by atoms with E-state index in [0.29, 0.717) is 11.8 Å². The van der Waals surface area contributed by atoms with E-state index in [1.807, 2.05) is 25.1 Å². The van der Waals surface area contributed by atoms with Gasteiger partial charge in [0.2, 0.25) is 0 Å². The molecule has 1 saturated carbocycles. The molecule has 1 N–H and O–H groups in total. The Kier molecular flexibility index (Phi) is 3.51. The summed E-state index contributed by atoms with van der Waals surface area (Å²) in [5.41, 5.74) is 1.34. The minimum absolute atomic E-state index is 0.303. The Morgan fingerprint density at radius 2 is 2.00 bits per heavy atom. The molecule has 2 rings (SSSR count). The first-order valence-corrected chi connectivity index (χ1v) is 6.80. The first-order chi connectivity index (χ1) is 7.93. The molecule has 1 aromatic rings. The third-order valence-corrected chi connectivity index (χ3v) is 4.65. The third-order valence-electron chi connectivity index (χ3n) is 4.24. The molecule has 0 aromatic heterocycles. The highest BCUT2D eigenvalue weighted by molar-refractivity contribution is 6.31. The van der Waals surface area contributed by atoms with Crippen LogP contribution in [0, 0.1) is 18.8 Å². The van der Waals surface area contributed by atoms with Crippen molar-refractivity contribution in [3.05, 3.63) is 34.3 Å². The largest absolute Gasteiger partial charge is 0.385 e. The quantitative estimate of drug-likeness (QED) is 0.791. The second-order valence-corrected chi connectivity index (χ2v) is 6.08. The van der Waals surface area contributed by atoms with Crippen molar-refractivity contribution >= 4 is 11.6 Å². The number of aryl methyl sites for hydroxylation is 1. The maximum absolute atomic E-state index is 10.9. The van der Waals surface area contributed by atoms with Crippen LogP contribution in [0.25, 0.3) is 0 Å². The van der Waals surface area contributed by atoms with E-state index in [1.165, 1.54) is 6.42 Å². The average Bonchev–Trinajstić information content (AvgIpc) is 2.28. The van der Waals surface area contributed by atoms with Gasteiger partial charge in [-0.3, -0.25) is 0 Å². The van der Waals surface area contributed by atoms with Crippen molar-refractivity contribution in [1.29, 1.82) is 0 Å². The van der Waals surface area contributed by atoms with Gasteiger partial charge in [-0.15, -0.1) is 0 Å². The summed E-state index contributed by atoms with van der Waals surface area (Å²) in [4.78, 5) is 0. The van der Waals surface area contributed by atoms with Gasteiger partial charge in [-0.25, -0.2) is 0 Å². The van der Waals surface area contributed by atoms with E-state index in [4.69, 9.17) is 11.6 Å². The summed E-state index contributed by atoms with van der Waals surface area (Å²) in [7, 11) is 0. The summed E-state index contributed by atoms with van der Waals surface area (Å²) in [5, 5.41) is 11.7. The smallest absolute Gasteiger partial charge is 0.0925 e. The zero-order chi connectivity index (χ0) is 12.6. The molecule has 1 aliphatic carbocycles. The van der Waals surface area contributed by atoms with E-state index in [-0.39, 0.29) is 0 Å². The van der Waals surface area contributed by atoms with Crippen LogP contribution in [0.15, 0.2) is 18.2 Å². The number of rotatable bonds is 1. The van der Waals surface area contributed by atoms with Gasteiger partial charge in [0.05, 0.1) is 5.60 Å². The first kappa shape index (κ1) is 12.9. The van der Waals surface area contributed by atoms with Crippen LogP contribution in [0.5, 0.6) is 0 Å². The van der Waals surface area contributed by atoms with Gasteiger partial charge in [0.1, 0.15) is 0 Å². The van der Waals surface area contributed by atoms with E-state index in [2.05, 4.69) is 13.8 Å². The monoisotopic (exact) mass is 252 g/mol. The van der Waals surface area contributed by atoms with E-state index in [1.54, 1.807) is 0 Å². The molecule has 0 radical (unpaired) electrons. The van der Waals surface area contributed by atoms with Crippen LogP contribution in [0.4, 0.5) is 0 Å². The van der Waals surface area contributed by atoms with Gasteiger partial charge in [0.25, 0.3) is 0 Å². The molecular weight excluding hydrogens is 232 g/mol. The molecule has 17 heavy (non-hydrogen) atoms. The Balaban J connectivity index is 2.38. The van der Waals surface area contributed by atoms with Gasteiger partial charge in [-0.05, 0) is 48.8 Å². The highest BCUT2D eigenvalue weighted by Crippen LogP contribution is 2.44. The van der Waals surface area contributed by atoms with Crippen LogP contribution >= 0.6 is 11.6 Å². The fourth-order valence-corrected chi connectivity index (χ4v) is 3.05. The summed E-state index contributed by atoms with van der Waals surface area (Å²) in [6.45, 7) is 6.34. The summed E-state index contributed by atoms with van der Waals surface area (Å²) >= 11 is 6.17. The molecule has 0 bridgehead atoms. The Morgan fingerprint density at radius 1 is 1.29 bits per heavy atom. The zero-order valence-corrected chi connectivity index (χ0v) is 11.6. The molecule has 3 unspecified atom stereocenters. The van der Waals surface area contributed by atoms with Crippen LogP contribution in [-0.4, -0.2) is 5.11 Å². The summed E-state index contributed by atoms with van der Waals surface area (Å²) in [5.74, 6) is 0.883. The molecular formula is C15H21ClO. The van der Waals surface area contributed by atoms with Gasteiger partial charge >= 0.3 is 0 Å². The summed E-state index contributed by atoms with van der Waals surface area (Å²) in [6, 6.07) is 5.96. The standard InChI is InChI=1S/C15H21ClO/c1-10-4-6-12(3)15(17,9-10)13-7-5-11(2)14(16)8-13/h5,7-8,10,12,17H,4,6,9H2,1-3H3. The van der Waals surface area contributed by atoms with Gasteiger partial charge in [-0.2, -0.15) is 0 Å². The van der Waals surface area contributed by atoms with Crippen molar-refractivity contribution in [3.8, 4) is 0 Å². The predicted molar refractivity (Wildman–Crippen MR) is 72.3 cm³/mol. The van der Waals surface area contributed by atoms with Crippen LogP contribution < -0.4 is 0 Å². The fraction of sp³-hybridized carbons (Fsp3) is 0.600. The molecule has 1 aromatic carbocycles. The highest BCUT2D eigenvalue weighted by Gasteiger charge is 2.40. The Morgan fingerprint density at radius 3 is 2.65 bits per heavy atom. The second kappa shape index (κ2) is 4.62. The molecule has 2 heteroatoms. The Hall–Kier alpha value is -0.530. The number of hydrogen-bond acceptors (Lipinski definition) is 1. The molecule has 3 atom stereocenters. The Bertz CT molecular complexity index is 415. The Labute approximate surface area is 109 Å².